The molecule has 1 amide bonds. The zero-order valence-corrected chi connectivity index (χ0v) is 11.8. The van der Waals surface area contributed by atoms with E-state index in [1.54, 1.807) is 7.05 Å². The molecular weight excluding hydrogens is 212 g/mol. The van der Waals surface area contributed by atoms with E-state index in [-0.39, 0.29) is 5.91 Å². The first-order valence-electron chi connectivity index (χ1n) is 6.93. The maximum atomic E-state index is 11.2. The van der Waals surface area contributed by atoms with Crippen molar-refractivity contribution in [1.82, 2.24) is 10.6 Å². The molecule has 1 aliphatic carbocycles. The highest BCUT2D eigenvalue weighted by Gasteiger charge is 2.31. The van der Waals surface area contributed by atoms with Gasteiger partial charge in [-0.3, -0.25) is 4.79 Å². The molecule has 1 fully saturated rings. The predicted molar refractivity (Wildman–Crippen MR) is 71.9 cm³/mol. The Morgan fingerprint density at radius 1 is 1.24 bits per heavy atom. The topological polar surface area (TPSA) is 41.1 Å². The summed E-state index contributed by atoms with van der Waals surface area (Å²) in [4.78, 5) is 11.2. The van der Waals surface area contributed by atoms with E-state index in [2.05, 4.69) is 31.4 Å². The Balaban J connectivity index is 2.29. The lowest BCUT2D eigenvalue weighted by Gasteiger charge is -2.39. The van der Waals surface area contributed by atoms with Crippen molar-refractivity contribution in [3.8, 4) is 0 Å². The molecule has 0 aromatic heterocycles. The molecule has 100 valence electrons. The molecule has 1 rings (SSSR count). The summed E-state index contributed by atoms with van der Waals surface area (Å²) in [5.74, 6) is 0.937. The zero-order chi connectivity index (χ0) is 12.9. The van der Waals surface area contributed by atoms with Crippen LogP contribution in [0.4, 0.5) is 0 Å². The van der Waals surface area contributed by atoms with Gasteiger partial charge in [-0.15, -0.1) is 0 Å². The summed E-state index contributed by atoms with van der Waals surface area (Å²) < 4.78 is 0. The molecule has 0 aromatic carbocycles. The normalized spacial score (nSPS) is 25.6. The summed E-state index contributed by atoms with van der Waals surface area (Å²) >= 11 is 0. The average Bonchev–Trinajstić information content (AvgIpc) is 2.36. The number of likely N-dealkylation sites (N-methyl/N-ethyl adjacent to an activating group) is 1. The van der Waals surface area contributed by atoms with Crippen molar-refractivity contribution < 1.29 is 4.79 Å². The predicted octanol–water partition coefficient (Wildman–Crippen LogP) is 2.32. The summed E-state index contributed by atoms with van der Waals surface area (Å²) in [5, 5.41) is 6.00. The number of amides is 1. The number of rotatable bonds is 5. The first-order chi connectivity index (χ1) is 7.99. The summed E-state index contributed by atoms with van der Waals surface area (Å²) in [7, 11) is 1.69. The van der Waals surface area contributed by atoms with Gasteiger partial charge >= 0.3 is 0 Å². The van der Waals surface area contributed by atoms with E-state index < -0.39 is 0 Å². The van der Waals surface area contributed by atoms with Crippen molar-refractivity contribution in [3.63, 3.8) is 0 Å². The molecule has 0 saturated heterocycles. The van der Waals surface area contributed by atoms with E-state index in [1.807, 2.05) is 0 Å². The van der Waals surface area contributed by atoms with Crippen molar-refractivity contribution in [2.24, 2.45) is 11.3 Å². The Morgan fingerprint density at radius 2 is 1.82 bits per heavy atom. The van der Waals surface area contributed by atoms with Crippen LogP contribution < -0.4 is 10.6 Å². The minimum atomic E-state index is 0.0843. The van der Waals surface area contributed by atoms with Crippen LogP contribution in [0.2, 0.25) is 0 Å². The monoisotopic (exact) mass is 240 g/mol. The number of carbonyl (C=O) groups is 1. The minimum Gasteiger partial charge on any atom is -0.358 e. The molecule has 0 aromatic rings. The lowest BCUT2D eigenvalue weighted by Crippen LogP contribution is -2.41. The molecule has 17 heavy (non-hydrogen) atoms. The van der Waals surface area contributed by atoms with Crippen LogP contribution >= 0.6 is 0 Å². The van der Waals surface area contributed by atoms with Gasteiger partial charge in [-0.2, -0.15) is 0 Å². The Labute approximate surface area is 106 Å². The standard InChI is InChI=1S/C14H28N2O/c1-5-14(2,3)11-6-8-12(9-7-11)16-10-13(17)15-4/h11-12,16H,5-10H2,1-4H3,(H,15,17). The number of carbonyl (C=O) groups excluding carboxylic acids is 1. The summed E-state index contributed by atoms with van der Waals surface area (Å²) in [6.07, 6.45) is 6.28. The van der Waals surface area contributed by atoms with Crippen LogP contribution in [0.3, 0.4) is 0 Å². The van der Waals surface area contributed by atoms with Crippen LogP contribution in [0.25, 0.3) is 0 Å². The Bertz CT molecular complexity index is 243. The fourth-order valence-electron chi connectivity index (χ4n) is 2.69. The van der Waals surface area contributed by atoms with Crippen LogP contribution in [0.15, 0.2) is 0 Å². The van der Waals surface area contributed by atoms with E-state index in [9.17, 15) is 4.79 Å². The molecule has 3 nitrogen and oxygen atoms in total. The molecule has 0 atom stereocenters. The van der Waals surface area contributed by atoms with Crippen LogP contribution in [-0.4, -0.2) is 25.5 Å². The fraction of sp³-hybridized carbons (Fsp3) is 0.929. The molecule has 1 saturated carbocycles. The SMILES string of the molecule is CCC(C)(C)C1CCC(NCC(=O)NC)CC1. The van der Waals surface area contributed by atoms with Crippen LogP contribution in [-0.2, 0) is 4.79 Å². The molecule has 0 unspecified atom stereocenters. The van der Waals surface area contributed by atoms with Crippen molar-refractivity contribution in [1.29, 1.82) is 0 Å². The summed E-state index contributed by atoms with van der Waals surface area (Å²) in [6, 6.07) is 0.538. The smallest absolute Gasteiger partial charge is 0.233 e. The minimum absolute atomic E-state index is 0.0843. The van der Waals surface area contributed by atoms with Gasteiger partial charge in [-0.1, -0.05) is 27.2 Å². The van der Waals surface area contributed by atoms with Crippen molar-refractivity contribution in [2.75, 3.05) is 13.6 Å². The van der Waals surface area contributed by atoms with E-state index in [0.717, 1.165) is 5.92 Å². The van der Waals surface area contributed by atoms with Gasteiger partial charge in [-0.25, -0.2) is 0 Å². The third-order valence-corrected chi connectivity index (χ3v) is 4.57. The average molecular weight is 240 g/mol. The van der Waals surface area contributed by atoms with Gasteiger partial charge in [0.05, 0.1) is 6.54 Å². The fourth-order valence-corrected chi connectivity index (χ4v) is 2.69. The molecule has 1 aliphatic rings. The van der Waals surface area contributed by atoms with Gasteiger partial charge in [0.1, 0.15) is 0 Å². The molecular formula is C14H28N2O. The highest BCUT2D eigenvalue weighted by molar-refractivity contribution is 5.77. The van der Waals surface area contributed by atoms with E-state index in [4.69, 9.17) is 0 Å². The van der Waals surface area contributed by atoms with Crippen molar-refractivity contribution in [2.45, 2.75) is 58.9 Å². The second-order valence-corrected chi connectivity index (χ2v) is 5.94. The lowest BCUT2D eigenvalue weighted by atomic mass is 9.69. The quantitative estimate of drug-likeness (QED) is 0.774. The zero-order valence-electron chi connectivity index (χ0n) is 11.8. The van der Waals surface area contributed by atoms with E-state index in [1.165, 1.54) is 32.1 Å². The van der Waals surface area contributed by atoms with Gasteiger partial charge in [0, 0.05) is 13.1 Å². The maximum Gasteiger partial charge on any atom is 0.233 e. The molecule has 3 heteroatoms. The van der Waals surface area contributed by atoms with E-state index in [0.29, 0.717) is 18.0 Å². The highest BCUT2D eigenvalue weighted by atomic mass is 16.1. The highest BCUT2D eigenvalue weighted by Crippen LogP contribution is 2.40. The van der Waals surface area contributed by atoms with Crippen LogP contribution in [0.1, 0.15) is 52.9 Å². The third kappa shape index (κ3) is 4.30. The first-order valence-corrected chi connectivity index (χ1v) is 6.93. The van der Waals surface area contributed by atoms with E-state index >= 15 is 0 Å². The van der Waals surface area contributed by atoms with Crippen LogP contribution in [0.5, 0.6) is 0 Å². The number of hydrogen-bond donors (Lipinski definition) is 2. The Kier molecular flexibility index (Phi) is 5.44. The third-order valence-electron chi connectivity index (χ3n) is 4.57. The molecule has 0 radical (unpaired) electrons. The molecule has 0 aliphatic heterocycles. The summed E-state index contributed by atoms with van der Waals surface area (Å²) in [5.41, 5.74) is 0.478. The second-order valence-electron chi connectivity index (χ2n) is 5.94. The molecule has 0 bridgehead atoms. The van der Waals surface area contributed by atoms with Crippen LogP contribution in [0, 0.1) is 11.3 Å². The van der Waals surface area contributed by atoms with Gasteiger partial charge < -0.3 is 10.6 Å². The van der Waals surface area contributed by atoms with Gasteiger partial charge in [-0.05, 0) is 37.0 Å². The second kappa shape index (κ2) is 6.39. The molecule has 0 spiro atoms. The maximum absolute atomic E-state index is 11.2. The first kappa shape index (κ1) is 14.5. The van der Waals surface area contributed by atoms with Gasteiger partial charge in [0.25, 0.3) is 0 Å². The van der Waals surface area contributed by atoms with Crippen molar-refractivity contribution >= 4 is 5.91 Å². The number of hydrogen-bond acceptors (Lipinski definition) is 2. The largest absolute Gasteiger partial charge is 0.358 e. The number of nitrogens with one attached hydrogen (secondary N) is 2. The van der Waals surface area contributed by atoms with Gasteiger partial charge in [0.2, 0.25) is 5.91 Å². The molecule has 0 heterocycles. The Morgan fingerprint density at radius 3 is 2.29 bits per heavy atom. The van der Waals surface area contributed by atoms with Gasteiger partial charge in [0.15, 0.2) is 0 Å². The molecule has 2 N–H and O–H groups in total. The lowest BCUT2D eigenvalue weighted by molar-refractivity contribution is -0.119. The van der Waals surface area contributed by atoms with Crippen molar-refractivity contribution in [3.05, 3.63) is 0 Å². The summed E-state index contributed by atoms with van der Waals surface area (Å²) in [6.45, 7) is 7.52. The Hall–Kier alpha value is -0.570.